The monoisotopic (exact) mass is 360 g/mol. The highest BCUT2D eigenvalue weighted by Crippen LogP contribution is 2.30. The largest absolute Gasteiger partial charge is 0.384 e. The second-order valence-corrected chi connectivity index (χ2v) is 6.62. The first-order valence-corrected chi connectivity index (χ1v) is 8.20. The smallest absolute Gasteiger partial charge is 0.0551 e. The van der Waals surface area contributed by atoms with Crippen molar-refractivity contribution in [2.45, 2.75) is 18.9 Å². The van der Waals surface area contributed by atoms with E-state index in [0.29, 0.717) is 12.5 Å². The van der Waals surface area contributed by atoms with Crippen molar-refractivity contribution in [2.75, 3.05) is 33.4 Å². The maximum absolute atomic E-state index is 6.20. The SMILES string of the molecule is COCC1CCN(C(CN)c2ccc(Br)c(Cl)c2)CC1. The van der Waals surface area contributed by atoms with Gasteiger partial charge in [0.15, 0.2) is 0 Å². The molecule has 1 fully saturated rings. The molecule has 1 heterocycles. The van der Waals surface area contributed by atoms with Crippen molar-refractivity contribution in [1.82, 2.24) is 4.90 Å². The maximum Gasteiger partial charge on any atom is 0.0551 e. The number of nitrogens with zero attached hydrogens (tertiary/aromatic N) is 1. The van der Waals surface area contributed by atoms with Crippen LogP contribution < -0.4 is 5.73 Å². The Morgan fingerprint density at radius 1 is 1.45 bits per heavy atom. The van der Waals surface area contributed by atoms with Gasteiger partial charge in [-0.25, -0.2) is 0 Å². The molecule has 20 heavy (non-hydrogen) atoms. The molecule has 3 nitrogen and oxygen atoms in total. The highest BCUT2D eigenvalue weighted by molar-refractivity contribution is 9.10. The van der Waals surface area contributed by atoms with Crippen molar-refractivity contribution in [3.05, 3.63) is 33.3 Å². The Morgan fingerprint density at radius 2 is 2.15 bits per heavy atom. The van der Waals surface area contributed by atoms with Crippen LogP contribution in [0.5, 0.6) is 0 Å². The molecule has 1 saturated heterocycles. The molecule has 5 heteroatoms. The van der Waals surface area contributed by atoms with Crippen LogP contribution in [0.3, 0.4) is 0 Å². The predicted molar refractivity (Wildman–Crippen MR) is 87.1 cm³/mol. The molecule has 1 atom stereocenters. The maximum atomic E-state index is 6.20. The van der Waals surface area contributed by atoms with E-state index < -0.39 is 0 Å². The summed E-state index contributed by atoms with van der Waals surface area (Å²) in [6.07, 6.45) is 2.35. The third kappa shape index (κ3) is 3.95. The van der Waals surface area contributed by atoms with E-state index in [4.69, 9.17) is 22.1 Å². The van der Waals surface area contributed by atoms with Gasteiger partial charge in [0.25, 0.3) is 0 Å². The summed E-state index contributed by atoms with van der Waals surface area (Å²) in [6, 6.07) is 6.38. The molecule has 112 valence electrons. The molecule has 1 unspecified atom stereocenters. The average Bonchev–Trinajstić information content (AvgIpc) is 2.46. The normalized spacial score (nSPS) is 19.2. The molecule has 1 aromatic rings. The fraction of sp³-hybridized carbons (Fsp3) is 0.600. The lowest BCUT2D eigenvalue weighted by molar-refractivity contribution is 0.0810. The first-order valence-electron chi connectivity index (χ1n) is 7.03. The lowest BCUT2D eigenvalue weighted by Crippen LogP contribution is -2.40. The van der Waals surface area contributed by atoms with Crippen molar-refractivity contribution in [1.29, 1.82) is 0 Å². The van der Waals surface area contributed by atoms with Crippen LogP contribution in [0.25, 0.3) is 0 Å². The van der Waals surface area contributed by atoms with Crippen LogP contribution in [-0.2, 0) is 4.74 Å². The number of hydrogen-bond acceptors (Lipinski definition) is 3. The number of benzene rings is 1. The molecular formula is C15H22BrClN2O. The highest BCUT2D eigenvalue weighted by atomic mass is 79.9. The average molecular weight is 362 g/mol. The Labute approximate surface area is 134 Å². The molecule has 0 aliphatic carbocycles. The number of piperidine rings is 1. The molecule has 0 amide bonds. The quantitative estimate of drug-likeness (QED) is 0.873. The Morgan fingerprint density at radius 3 is 2.70 bits per heavy atom. The summed E-state index contributed by atoms with van der Waals surface area (Å²) in [4.78, 5) is 2.46. The Bertz CT molecular complexity index is 436. The van der Waals surface area contributed by atoms with Crippen LogP contribution in [0, 0.1) is 5.92 Å². The fourth-order valence-electron chi connectivity index (χ4n) is 2.88. The third-order valence-corrected chi connectivity index (χ3v) is 5.28. The van der Waals surface area contributed by atoms with E-state index in [0.717, 1.165) is 29.2 Å². The first-order chi connectivity index (χ1) is 9.65. The van der Waals surface area contributed by atoms with Crippen molar-refractivity contribution < 1.29 is 4.74 Å². The lowest BCUT2D eigenvalue weighted by atomic mass is 9.95. The van der Waals surface area contributed by atoms with Gasteiger partial charge in [-0.2, -0.15) is 0 Å². The van der Waals surface area contributed by atoms with Gasteiger partial charge in [0, 0.05) is 30.8 Å². The zero-order valence-electron chi connectivity index (χ0n) is 11.8. The highest BCUT2D eigenvalue weighted by Gasteiger charge is 2.25. The van der Waals surface area contributed by atoms with Crippen LogP contribution in [0.1, 0.15) is 24.4 Å². The summed E-state index contributed by atoms with van der Waals surface area (Å²) in [7, 11) is 1.78. The van der Waals surface area contributed by atoms with Gasteiger partial charge in [-0.05, 0) is 65.5 Å². The van der Waals surface area contributed by atoms with E-state index in [1.54, 1.807) is 7.11 Å². The van der Waals surface area contributed by atoms with E-state index in [1.165, 1.54) is 18.4 Å². The summed E-state index contributed by atoms with van der Waals surface area (Å²) >= 11 is 9.63. The van der Waals surface area contributed by atoms with Gasteiger partial charge in [0.05, 0.1) is 5.02 Å². The van der Waals surface area contributed by atoms with Crippen molar-refractivity contribution in [2.24, 2.45) is 11.7 Å². The molecule has 0 radical (unpaired) electrons. The molecular weight excluding hydrogens is 340 g/mol. The third-order valence-electron chi connectivity index (χ3n) is 4.04. The number of nitrogens with two attached hydrogens (primary N) is 1. The Balaban J connectivity index is 2.03. The molecule has 1 aromatic carbocycles. The van der Waals surface area contributed by atoms with Crippen LogP contribution in [-0.4, -0.2) is 38.3 Å². The summed E-state index contributed by atoms with van der Waals surface area (Å²) in [5.41, 5.74) is 7.20. The molecule has 0 spiro atoms. The Hall–Kier alpha value is -0.130. The molecule has 2 rings (SSSR count). The zero-order valence-corrected chi connectivity index (χ0v) is 14.2. The number of rotatable bonds is 5. The second kappa shape index (κ2) is 7.76. The molecule has 2 N–H and O–H groups in total. The number of hydrogen-bond donors (Lipinski definition) is 1. The summed E-state index contributed by atoms with van der Waals surface area (Å²) < 4.78 is 6.18. The van der Waals surface area contributed by atoms with Gasteiger partial charge in [-0.3, -0.25) is 4.90 Å². The lowest BCUT2D eigenvalue weighted by Gasteiger charge is -2.37. The summed E-state index contributed by atoms with van der Waals surface area (Å²) in [5.74, 6) is 0.684. The minimum Gasteiger partial charge on any atom is -0.384 e. The minimum atomic E-state index is 0.254. The number of methoxy groups -OCH3 is 1. The van der Waals surface area contributed by atoms with E-state index in [9.17, 15) is 0 Å². The van der Waals surface area contributed by atoms with Crippen LogP contribution >= 0.6 is 27.5 Å². The molecule has 1 aliphatic heterocycles. The molecule has 0 saturated carbocycles. The summed E-state index contributed by atoms with van der Waals surface area (Å²) in [6.45, 7) is 3.63. The number of ether oxygens (including phenoxy) is 1. The second-order valence-electron chi connectivity index (χ2n) is 5.36. The van der Waals surface area contributed by atoms with Gasteiger partial charge < -0.3 is 10.5 Å². The zero-order chi connectivity index (χ0) is 14.5. The van der Waals surface area contributed by atoms with E-state index in [-0.39, 0.29) is 6.04 Å². The predicted octanol–water partition coefficient (Wildman–Crippen LogP) is 3.46. The minimum absolute atomic E-state index is 0.254. The van der Waals surface area contributed by atoms with Gasteiger partial charge >= 0.3 is 0 Å². The van der Waals surface area contributed by atoms with Gasteiger partial charge in [-0.15, -0.1) is 0 Å². The molecule has 0 bridgehead atoms. The van der Waals surface area contributed by atoms with E-state index >= 15 is 0 Å². The molecule has 1 aliphatic rings. The fourth-order valence-corrected chi connectivity index (χ4v) is 3.32. The van der Waals surface area contributed by atoms with Crippen LogP contribution in [0.15, 0.2) is 22.7 Å². The van der Waals surface area contributed by atoms with E-state index in [2.05, 4.69) is 26.9 Å². The van der Waals surface area contributed by atoms with Gasteiger partial charge in [0.1, 0.15) is 0 Å². The van der Waals surface area contributed by atoms with Gasteiger partial charge in [-0.1, -0.05) is 17.7 Å². The van der Waals surface area contributed by atoms with Crippen molar-refractivity contribution in [3.8, 4) is 0 Å². The standard InChI is InChI=1S/C15H22BrClN2O/c1-20-10-11-4-6-19(7-5-11)15(9-18)12-2-3-13(16)14(17)8-12/h2-3,8,11,15H,4-7,9-10,18H2,1H3. The number of halogens is 2. The number of likely N-dealkylation sites (tertiary alicyclic amines) is 1. The topological polar surface area (TPSA) is 38.5 Å². The Kier molecular flexibility index (Phi) is 6.30. The van der Waals surface area contributed by atoms with Crippen molar-refractivity contribution in [3.63, 3.8) is 0 Å². The van der Waals surface area contributed by atoms with Gasteiger partial charge in [0.2, 0.25) is 0 Å². The summed E-state index contributed by atoms with van der Waals surface area (Å²) in [5, 5.41) is 0.746. The van der Waals surface area contributed by atoms with E-state index in [1.807, 2.05) is 12.1 Å². The molecule has 0 aromatic heterocycles. The van der Waals surface area contributed by atoms with Crippen LogP contribution in [0.2, 0.25) is 5.02 Å². The van der Waals surface area contributed by atoms with Crippen molar-refractivity contribution >= 4 is 27.5 Å². The first kappa shape index (κ1) is 16.2. The van der Waals surface area contributed by atoms with Crippen LogP contribution in [0.4, 0.5) is 0 Å².